The lowest BCUT2D eigenvalue weighted by molar-refractivity contribution is -0.121. The average molecular weight is 219 g/mol. The molecule has 1 atom stereocenters. The van der Waals surface area contributed by atoms with Gasteiger partial charge in [-0.15, -0.1) is 0 Å². The highest BCUT2D eigenvalue weighted by Gasteiger charge is 2.24. The van der Waals surface area contributed by atoms with E-state index in [1.165, 1.54) is 6.42 Å². The van der Waals surface area contributed by atoms with Crippen molar-refractivity contribution in [1.29, 1.82) is 0 Å². The first-order chi connectivity index (χ1) is 7.86. The van der Waals surface area contributed by atoms with Crippen LogP contribution in [-0.4, -0.2) is 29.9 Å². The highest BCUT2D eigenvalue weighted by atomic mass is 16.1. The Bertz CT molecular complexity index is 367. The summed E-state index contributed by atoms with van der Waals surface area (Å²) in [5.74, 6) is 0.876. The van der Waals surface area contributed by atoms with E-state index in [2.05, 4.69) is 10.3 Å². The van der Waals surface area contributed by atoms with Crippen molar-refractivity contribution in [3.63, 3.8) is 0 Å². The zero-order valence-corrected chi connectivity index (χ0v) is 9.52. The van der Waals surface area contributed by atoms with Crippen molar-refractivity contribution in [1.82, 2.24) is 9.88 Å². The van der Waals surface area contributed by atoms with Gasteiger partial charge in [0.15, 0.2) is 0 Å². The molecule has 1 aliphatic rings. The number of pyridine rings is 1. The summed E-state index contributed by atoms with van der Waals surface area (Å²) >= 11 is 0. The molecule has 0 aliphatic carbocycles. The van der Waals surface area contributed by atoms with E-state index in [0.29, 0.717) is 0 Å². The van der Waals surface area contributed by atoms with Crippen molar-refractivity contribution in [2.75, 3.05) is 18.9 Å². The van der Waals surface area contributed by atoms with Gasteiger partial charge in [-0.2, -0.15) is 0 Å². The Morgan fingerprint density at radius 3 is 3.19 bits per heavy atom. The lowest BCUT2D eigenvalue weighted by Crippen LogP contribution is -2.32. The fourth-order valence-corrected chi connectivity index (χ4v) is 2.31. The first kappa shape index (κ1) is 10.9. The molecule has 1 aromatic rings. The highest BCUT2D eigenvalue weighted by molar-refractivity contribution is 5.52. The van der Waals surface area contributed by atoms with Crippen LogP contribution in [0.1, 0.15) is 30.9 Å². The van der Waals surface area contributed by atoms with Gasteiger partial charge in [-0.05, 0) is 25.3 Å². The minimum Gasteiger partial charge on any atom is -0.373 e. The molecule has 4 heteroatoms. The first-order valence-electron chi connectivity index (χ1n) is 5.70. The number of aromatic nitrogens is 1. The number of amides is 1. The normalized spacial score (nSPS) is 20.6. The van der Waals surface area contributed by atoms with Gasteiger partial charge in [-0.25, -0.2) is 4.98 Å². The van der Waals surface area contributed by atoms with Crippen molar-refractivity contribution in [3.8, 4) is 0 Å². The topological polar surface area (TPSA) is 45.2 Å². The zero-order valence-electron chi connectivity index (χ0n) is 9.52. The monoisotopic (exact) mass is 219 g/mol. The molecule has 0 radical (unpaired) electrons. The van der Waals surface area contributed by atoms with Crippen molar-refractivity contribution in [2.24, 2.45) is 0 Å². The lowest BCUT2D eigenvalue weighted by Gasteiger charge is -2.33. The number of rotatable bonds is 3. The second kappa shape index (κ2) is 4.96. The molecule has 1 aromatic heterocycles. The lowest BCUT2D eigenvalue weighted by atomic mass is 9.96. The summed E-state index contributed by atoms with van der Waals surface area (Å²) in [6.07, 6.45) is 6.02. The Labute approximate surface area is 95.7 Å². The van der Waals surface area contributed by atoms with Gasteiger partial charge in [-0.1, -0.05) is 6.07 Å². The van der Waals surface area contributed by atoms with Gasteiger partial charge >= 0.3 is 0 Å². The summed E-state index contributed by atoms with van der Waals surface area (Å²) in [5.41, 5.74) is 1.12. The fourth-order valence-electron chi connectivity index (χ4n) is 2.31. The molecule has 1 unspecified atom stereocenters. The number of hydrogen-bond acceptors (Lipinski definition) is 3. The standard InChI is InChI=1S/C12H17N3O/c1-13-12-10(5-4-7-14-12)11-6-2-3-8-15(11)9-16/h4-5,7,9,11H,2-3,6,8H2,1H3,(H,13,14). The number of nitrogens with zero attached hydrogens (tertiary/aromatic N) is 2. The van der Waals surface area contributed by atoms with Crippen LogP contribution in [0, 0.1) is 0 Å². The Morgan fingerprint density at radius 2 is 2.44 bits per heavy atom. The number of carbonyl (C=O) groups is 1. The molecule has 16 heavy (non-hydrogen) atoms. The van der Waals surface area contributed by atoms with Crippen LogP contribution < -0.4 is 5.32 Å². The van der Waals surface area contributed by atoms with Crippen LogP contribution in [-0.2, 0) is 4.79 Å². The average Bonchev–Trinajstić information content (AvgIpc) is 2.38. The Morgan fingerprint density at radius 1 is 1.56 bits per heavy atom. The summed E-state index contributed by atoms with van der Waals surface area (Å²) < 4.78 is 0. The second-order valence-corrected chi connectivity index (χ2v) is 4.05. The fraction of sp³-hybridized carbons (Fsp3) is 0.500. The maximum atomic E-state index is 11.0. The maximum Gasteiger partial charge on any atom is 0.210 e. The van der Waals surface area contributed by atoms with Crippen LogP contribution in [0.3, 0.4) is 0 Å². The number of piperidine rings is 1. The van der Waals surface area contributed by atoms with E-state index in [0.717, 1.165) is 37.2 Å². The zero-order chi connectivity index (χ0) is 11.4. The molecule has 0 saturated carbocycles. The number of nitrogens with one attached hydrogen (secondary N) is 1. The van der Waals surface area contributed by atoms with E-state index in [1.54, 1.807) is 6.20 Å². The molecule has 1 N–H and O–H groups in total. The van der Waals surface area contributed by atoms with Crippen molar-refractivity contribution in [2.45, 2.75) is 25.3 Å². The summed E-state index contributed by atoms with van der Waals surface area (Å²) in [6.45, 7) is 0.853. The Hall–Kier alpha value is -1.58. The molecule has 0 aromatic carbocycles. The maximum absolute atomic E-state index is 11.0. The molecule has 2 rings (SSSR count). The smallest absolute Gasteiger partial charge is 0.210 e. The van der Waals surface area contributed by atoms with E-state index in [4.69, 9.17) is 0 Å². The van der Waals surface area contributed by atoms with Crippen LogP contribution in [0.5, 0.6) is 0 Å². The number of likely N-dealkylation sites (tertiary alicyclic amines) is 1. The molecule has 1 fully saturated rings. The van der Waals surface area contributed by atoms with E-state index in [9.17, 15) is 4.79 Å². The van der Waals surface area contributed by atoms with Crippen LogP contribution in [0.4, 0.5) is 5.82 Å². The van der Waals surface area contributed by atoms with Gasteiger partial charge in [0, 0.05) is 25.4 Å². The molecule has 1 aliphatic heterocycles. The molecular weight excluding hydrogens is 202 g/mol. The third kappa shape index (κ3) is 2.01. The van der Waals surface area contributed by atoms with Crippen LogP contribution in [0.15, 0.2) is 18.3 Å². The van der Waals surface area contributed by atoms with Gasteiger partial charge in [-0.3, -0.25) is 4.79 Å². The second-order valence-electron chi connectivity index (χ2n) is 4.05. The number of carbonyl (C=O) groups excluding carboxylic acids is 1. The third-order valence-electron chi connectivity index (χ3n) is 3.11. The SMILES string of the molecule is CNc1ncccc1C1CCCCN1C=O. The minimum atomic E-state index is 0.183. The van der Waals surface area contributed by atoms with Gasteiger partial charge in [0.05, 0.1) is 6.04 Å². The van der Waals surface area contributed by atoms with E-state index in [1.807, 2.05) is 24.1 Å². The quantitative estimate of drug-likeness (QED) is 0.788. The van der Waals surface area contributed by atoms with Crippen molar-refractivity contribution < 1.29 is 4.79 Å². The number of anilines is 1. The largest absolute Gasteiger partial charge is 0.373 e. The summed E-state index contributed by atoms with van der Waals surface area (Å²) in [7, 11) is 1.86. The first-order valence-corrected chi connectivity index (χ1v) is 5.70. The van der Waals surface area contributed by atoms with E-state index >= 15 is 0 Å². The third-order valence-corrected chi connectivity index (χ3v) is 3.11. The molecule has 0 spiro atoms. The minimum absolute atomic E-state index is 0.183. The Balaban J connectivity index is 2.30. The van der Waals surface area contributed by atoms with Gasteiger partial charge in [0.25, 0.3) is 0 Å². The van der Waals surface area contributed by atoms with Crippen molar-refractivity contribution >= 4 is 12.2 Å². The van der Waals surface area contributed by atoms with Crippen LogP contribution in [0.2, 0.25) is 0 Å². The molecule has 1 saturated heterocycles. The number of hydrogen-bond donors (Lipinski definition) is 1. The summed E-state index contributed by atoms with van der Waals surface area (Å²) in [6, 6.07) is 4.15. The van der Waals surface area contributed by atoms with E-state index < -0.39 is 0 Å². The highest BCUT2D eigenvalue weighted by Crippen LogP contribution is 2.32. The molecule has 4 nitrogen and oxygen atoms in total. The van der Waals surface area contributed by atoms with Crippen LogP contribution in [0.25, 0.3) is 0 Å². The van der Waals surface area contributed by atoms with Crippen molar-refractivity contribution in [3.05, 3.63) is 23.9 Å². The molecule has 1 amide bonds. The summed E-state index contributed by atoms with van der Waals surface area (Å²) in [5, 5.41) is 3.08. The van der Waals surface area contributed by atoms with Gasteiger partial charge in [0.2, 0.25) is 6.41 Å². The molecule has 0 bridgehead atoms. The summed E-state index contributed by atoms with van der Waals surface area (Å²) in [4.78, 5) is 17.2. The molecule has 86 valence electrons. The Kier molecular flexibility index (Phi) is 3.39. The molecular formula is C12H17N3O. The molecule has 2 heterocycles. The van der Waals surface area contributed by atoms with Gasteiger partial charge < -0.3 is 10.2 Å². The van der Waals surface area contributed by atoms with E-state index in [-0.39, 0.29) is 6.04 Å². The predicted octanol–water partition coefficient (Wildman–Crippen LogP) is 1.81. The predicted molar refractivity (Wildman–Crippen MR) is 63.1 cm³/mol. The van der Waals surface area contributed by atoms with Gasteiger partial charge in [0.1, 0.15) is 5.82 Å². The van der Waals surface area contributed by atoms with Crippen LogP contribution >= 0.6 is 0 Å².